The molecule has 104 valence electrons. The fourth-order valence-electron chi connectivity index (χ4n) is 2.94. The third kappa shape index (κ3) is 1.38. The number of hydrogen-bond donors (Lipinski definition) is 2. The van der Waals surface area contributed by atoms with Gasteiger partial charge in [-0.25, -0.2) is 4.98 Å². The Balaban J connectivity index is 1.94. The summed E-state index contributed by atoms with van der Waals surface area (Å²) < 4.78 is 0. The second-order valence-electron chi connectivity index (χ2n) is 5.11. The maximum atomic E-state index is 12.7. The molecule has 1 aromatic heterocycles. The number of fused-ring (bicyclic) bond motifs is 3. The lowest BCUT2D eigenvalue weighted by atomic mass is 9.97. The van der Waals surface area contributed by atoms with Gasteiger partial charge in [0.15, 0.2) is 0 Å². The normalized spacial score (nSPS) is 22.6. The molecule has 0 saturated heterocycles. The summed E-state index contributed by atoms with van der Waals surface area (Å²) in [5, 5.41) is 5.91. The highest BCUT2D eigenvalue weighted by molar-refractivity contribution is 6.14. The summed E-state index contributed by atoms with van der Waals surface area (Å²) in [5.41, 5.74) is 0.656. The monoisotopic (exact) mass is 280 g/mol. The van der Waals surface area contributed by atoms with Crippen molar-refractivity contribution < 1.29 is 9.59 Å². The molecule has 1 aromatic carbocycles. The molecule has 0 radical (unpaired) electrons. The topological polar surface area (TPSA) is 74.3 Å². The number of likely N-dealkylation sites (N-methyl/N-ethyl adjacent to an activating group) is 1. The summed E-state index contributed by atoms with van der Waals surface area (Å²) in [6.07, 6.45) is 1.59. The summed E-state index contributed by atoms with van der Waals surface area (Å²) in [4.78, 5) is 30.8. The SMILES string of the molecule is CN1C(=O)C2(NC(=O)c3cccnc3N2)c2ccccc21. The van der Waals surface area contributed by atoms with Crippen molar-refractivity contribution in [2.24, 2.45) is 0 Å². The zero-order chi connectivity index (χ0) is 14.6. The summed E-state index contributed by atoms with van der Waals surface area (Å²) in [7, 11) is 1.69. The predicted molar refractivity (Wildman–Crippen MR) is 76.9 cm³/mol. The van der Waals surface area contributed by atoms with E-state index in [2.05, 4.69) is 15.6 Å². The molecule has 6 heteroatoms. The first-order valence-corrected chi connectivity index (χ1v) is 6.57. The van der Waals surface area contributed by atoms with Crippen molar-refractivity contribution in [3.05, 3.63) is 53.7 Å². The van der Waals surface area contributed by atoms with Crippen LogP contribution in [0, 0.1) is 0 Å². The van der Waals surface area contributed by atoms with E-state index in [1.165, 1.54) is 4.90 Å². The van der Waals surface area contributed by atoms with Crippen LogP contribution >= 0.6 is 0 Å². The molecular weight excluding hydrogens is 268 g/mol. The second-order valence-corrected chi connectivity index (χ2v) is 5.11. The molecular formula is C15H12N4O2. The van der Waals surface area contributed by atoms with Crippen molar-refractivity contribution in [2.45, 2.75) is 5.66 Å². The number of hydrogen-bond acceptors (Lipinski definition) is 4. The van der Waals surface area contributed by atoms with Gasteiger partial charge in [0, 0.05) is 18.8 Å². The molecule has 1 spiro atoms. The van der Waals surface area contributed by atoms with E-state index in [1.54, 1.807) is 25.4 Å². The molecule has 0 saturated carbocycles. The number of nitrogens with one attached hydrogen (secondary N) is 2. The van der Waals surface area contributed by atoms with E-state index < -0.39 is 5.66 Å². The minimum absolute atomic E-state index is 0.228. The Morgan fingerprint density at radius 2 is 1.90 bits per heavy atom. The van der Waals surface area contributed by atoms with Gasteiger partial charge < -0.3 is 15.5 Å². The van der Waals surface area contributed by atoms with Crippen LogP contribution in [0.5, 0.6) is 0 Å². The quantitative estimate of drug-likeness (QED) is 0.757. The van der Waals surface area contributed by atoms with Crippen molar-refractivity contribution in [1.29, 1.82) is 0 Å². The average molecular weight is 280 g/mol. The highest BCUT2D eigenvalue weighted by Gasteiger charge is 2.53. The van der Waals surface area contributed by atoms with Gasteiger partial charge in [-0.3, -0.25) is 9.59 Å². The fraction of sp³-hybridized carbons (Fsp3) is 0.133. The van der Waals surface area contributed by atoms with Crippen LogP contribution in [0.4, 0.5) is 11.5 Å². The van der Waals surface area contributed by atoms with Crippen LogP contribution in [0.25, 0.3) is 0 Å². The van der Waals surface area contributed by atoms with E-state index in [0.29, 0.717) is 11.4 Å². The first kappa shape index (κ1) is 11.9. The molecule has 3 heterocycles. The lowest BCUT2D eigenvalue weighted by molar-refractivity contribution is -0.122. The lowest BCUT2D eigenvalue weighted by Gasteiger charge is -2.35. The van der Waals surface area contributed by atoms with Gasteiger partial charge in [-0.05, 0) is 18.2 Å². The highest BCUT2D eigenvalue weighted by atomic mass is 16.2. The number of carbonyl (C=O) groups is 2. The molecule has 2 aromatic rings. The van der Waals surface area contributed by atoms with Gasteiger partial charge in [-0.15, -0.1) is 0 Å². The molecule has 0 fully saturated rings. The van der Waals surface area contributed by atoms with E-state index in [1.807, 2.05) is 24.3 Å². The standard InChI is InChI=1S/C15H12N4O2/c1-19-11-7-3-2-6-10(11)15(14(19)21)17-12-9(13(20)18-15)5-4-8-16-12/h2-8H,1H3,(H,16,17)(H,18,20). The third-order valence-corrected chi connectivity index (χ3v) is 3.95. The van der Waals surface area contributed by atoms with Crippen molar-refractivity contribution in [3.8, 4) is 0 Å². The van der Waals surface area contributed by atoms with Gasteiger partial charge in [0.2, 0.25) is 5.66 Å². The average Bonchev–Trinajstić information content (AvgIpc) is 2.71. The third-order valence-electron chi connectivity index (χ3n) is 3.95. The Labute approximate surface area is 120 Å². The molecule has 0 aliphatic carbocycles. The number of rotatable bonds is 0. The zero-order valence-corrected chi connectivity index (χ0v) is 11.3. The van der Waals surface area contributed by atoms with Crippen LogP contribution in [0.2, 0.25) is 0 Å². The smallest absolute Gasteiger partial charge is 0.278 e. The Hall–Kier alpha value is -2.89. The van der Waals surface area contributed by atoms with E-state index in [-0.39, 0.29) is 11.8 Å². The van der Waals surface area contributed by atoms with Crippen LogP contribution in [-0.4, -0.2) is 23.8 Å². The van der Waals surface area contributed by atoms with Gasteiger partial charge in [0.1, 0.15) is 5.82 Å². The minimum atomic E-state index is -1.27. The largest absolute Gasteiger partial charge is 0.335 e. The van der Waals surface area contributed by atoms with Gasteiger partial charge in [0.25, 0.3) is 11.8 Å². The van der Waals surface area contributed by atoms with Crippen LogP contribution in [0.1, 0.15) is 15.9 Å². The van der Waals surface area contributed by atoms with Gasteiger partial charge in [-0.2, -0.15) is 0 Å². The van der Waals surface area contributed by atoms with Crippen LogP contribution in [0.3, 0.4) is 0 Å². The van der Waals surface area contributed by atoms with Gasteiger partial charge in [-0.1, -0.05) is 18.2 Å². The second kappa shape index (κ2) is 3.82. The molecule has 1 atom stereocenters. The fourth-order valence-corrected chi connectivity index (χ4v) is 2.94. The Morgan fingerprint density at radius 1 is 1.10 bits per heavy atom. The first-order chi connectivity index (χ1) is 10.1. The Bertz CT molecular complexity index is 789. The Morgan fingerprint density at radius 3 is 2.76 bits per heavy atom. The summed E-state index contributed by atoms with van der Waals surface area (Å²) in [6.45, 7) is 0. The minimum Gasteiger partial charge on any atom is -0.335 e. The van der Waals surface area contributed by atoms with Gasteiger partial charge >= 0.3 is 0 Å². The maximum absolute atomic E-state index is 12.7. The first-order valence-electron chi connectivity index (χ1n) is 6.57. The number of pyridine rings is 1. The summed E-state index contributed by atoms with van der Waals surface area (Å²) >= 11 is 0. The summed E-state index contributed by atoms with van der Waals surface area (Å²) in [6, 6.07) is 10.7. The molecule has 2 amide bonds. The number of anilines is 2. The number of nitrogens with zero attached hydrogens (tertiary/aromatic N) is 2. The number of carbonyl (C=O) groups excluding carboxylic acids is 2. The molecule has 6 nitrogen and oxygen atoms in total. The van der Waals surface area contributed by atoms with Crippen molar-refractivity contribution in [3.63, 3.8) is 0 Å². The maximum Gasteiger partial charge on any atom is 0.278 e. The zero-order valence-electron chi connectivity index (χ0n) is 11.3. The molecule has 2 aliphatic rings. The molecule has 2 aliphatic heterocycles. The van der Waals surface area contributed by atoms with Crippen LogP contribution < -0.4 is 15.5 Å². The predicted octanol–water partition coefficient (Wildman–Crippen LogP) is 1.07. The molecule has 1 unspecified atom stereocenters. The van der Waals surface area contributed by atoms with Gasteiger partial charge in [0.05, 0.1) is 11.3 Å². The van der Waals surface area contributed by atoms with E-state index in [4.69, 9.17) is 0 Å². The Kier molecular flexibility index (Phi) is 2.16. The van der Waals surface area contributed by atoms with E-state index >= 15 is 0 Å². The molecule has 2 N–H and O–H groups in total. The molecule has 0 bridgehead atoms. The molecule has 21 heavy (non-hydrogen) atoms. The van der Waals surface area contributed by atoms with Crippen molar-refractivity contribution >= 4 is 23.3 Å². The number of benzene rings is 1. The number of para-hydroxylation sites is 1. The summed E-state index contributed by atoms with van der Waals surface area (Å²) in [5.74, 6) is -0.122. The van der Waals surface area contributed by atoms with Crippen LogP contribution in [0.15, 0.2) is 42.6 Å². The number of amides is 2. The lowest BCUT2D eigenvalue weighted by Crippen LogP contribution is -2.60. The number of aromatic nitrogens is 1. The van der Waals surface area contributed by atoms with E-state index in [9.17, 15) is 9.59 Å². The highest BCUT2D eigenvalue weighted by Crippen LogP contribution is 2.41. The molecule has 4 rings (SSSR count). The van der Waals surface area contributed by atoms with Crippen molar-refractivity contribution in [2.75, 3.05) is 17.3 Å². The van der Waals surface area contributed by atoms with E-state index in [0.717, 1.165) is 11.3 Å². The van der Waals surface area contributed by atoms with Crippen LogP contribution in [-0.2, 0) is 10.5 Å². The van der Waals surface area contributed by atoms with Crippen molar-refractivity contribution in [1.82, 2.24) is 10.3 Å².